The number of nitrogens with one attached hydrogen (secondary N) is 1. The third kappa shape index (κ3) is 4.82. The van der Waals surface area contributed by atoms with Crippen molar-refractivity contribution in [1.29, 1.82) is 0 Å². The molecule has 0 aliphatic heterocycles. The fourth-order valence-corrected chi connectivity index (χ4v) is 3.46. The molecule has 1 heterocycles. The summed E-state index contributed by atoms with van der Waals surface area (Å²) >= 11 is 1.50. The van der Waals surface area contributed by atoms with Crippen LogP contribution in [0.2, 0.25) is 0 Å². The first-order chi connectivity index (χ1) is 10.2. The van der Waals surface area contributed by atoms with Gasteiger partial charge in [-0.15, -0.1) is 11.3 Å². The van der Waals surface area contributed by atoms with E-state index in [0.717, 1.165) is 12.8 Å². The van der Waals surface area contributed by atoms with Gasteiger partial charge in [-0.2, -0.15) is 0 Å². The minimum atomic E-state index is -0.407. The molecule has 0 saturated carbocycles. The average Bonchev–Trinajstić information content (AvgIpc) is 2.76. The van der Waals surface area contributed by atoms with Gasteiger partial charge < -0.3 is 14.8 Å². The molecule has 0 fully saturated rings. The van der Waals surface area contributed by atoms with E-state index in [1.807, 2.05) is 6.07 Å². The van der Waals surface area contributed by atoms with Crippen LogP contribution in [0.1, 0.15) is 39.4 Å². The van der Waals surface area contributed by atoms with Crippen LogP contribution in [0.4, 0.5) is 0 Å². The fraction of sp³-hybridized carbons (Fsp3) is 0.600. The Morgan fingerprint density at radius 2 is 2.10 bits per heavy atom. The van der Waals surface area contributed by atoms with Crippen molar-refractivity contribution in [3.05, 3.63) is 21.4 Å². The normalized spacial score (nSPS) is 14.1. The van der Waals surface area contributed by atoms with Crippen LogP contribution in [0.15, 0.2) is 6.07 Å². The van der Waals surface area contributed by atoms with Crippen LogP contribution >= 0.6 is 11.3 Å². The van der Waals surface area contributed by atoms with E-state index in [4.69, 9.17) is 9.47 Å². The largest absolute Gasteiger partial charge is 0.451 e. The first kappa shape index (κ1) is 16.0. The van der Waals surface area contributed by atoms with Crippen molar-refractivity contribution in [1.82, 2.24) is 5.32 Å². The van der Waals surface area contributed by atoms with Gasteiger partial charge in [-0.05, 0) is 37.3 Å². The van der Waals surface area contributed by atoms with E-state index in [1.165, 1.54) is 41.0 Å². The Morgan fingerprint density at radius 1 is 1.29 bits per heavy atom. The fourth-order valence-electron chi connectivity index (χ4n) is 2.31. The van der Waals surface area contributed by atoms with E-state index in [9.17, 15) is 9.59 Å². The molecular weight excluding hydrogens is 290 g/mol. The van der Waals surface area contributed by atoms with Crippen LogP contribution in [0.3, 0.4) is 0 Å². The molecule has 0 radical (unpaired) electrons. The number of thiophene rings is 1. The summed E-state index contributed by atoms with van der Waals surface area (Å²) in [5.41, 5.74) is 1.27. The molecule has 5 nitrogen and oxygen atoms in total. The summed E-state index contributed by atoms with van der Waals surface area (Å²) in [5.74, 6) is -0.714. The van der Waals surface area contributed by atoms with Crippen molar-refractivity contribution in [2.24, 2.45) is 0 Å². The number of fused-ring (bicyclic) bond motifs is 1. The van der Waals surface area contributed by atoms with Crippen LogP contribution in [-0.2, 0) is 27.1 Å². The zero-order chi connectivity index (χ0) is 15.1. The predicted octanol–water partition coefficient (Wildman–Crippen LogP) is 1.94. The predicted molar refractivity (Wildman–Crippen MR) is 80.7 cm³/mol. The third-order valence-electron chi connectivity index (χ3n) is 3.41. The van der Waals surface area contributed by atoms with E-state index >= 15 is 0 Å². The van der Waals surface area contributed by atoms with Gasteiger partial charge in [0, 0.05) is 18.5 Å². The molecular formula is C15H21NO4S. The third-order valence-corrected chi connectivity index (χ3v) is 4.63. The number of ether oxygens (including phenoxy) is 2. The lowest BCUT2D eigenvalue weighted by molar-refractivity contribution is -0.124. The first-order valence-corrected chi connectivity index (χ1v) is 8.06. The molecule has 1 aromatic heterocycles. The maximum Gasteiger partial charge on any atom is 0.348 e. The molecule has 1 N–H and O–H groups in total. The second-order valence-corrected chi connectivity index (χ2v) is 6.18. The monoisotopic (exact) mass is 311 g/mol. The Morgan fingerprint density at radius 3 is 2.90 bits per heavy atom. The van der Waals surface area contributed by atoms with Crippen molar-refractivity contribution in [2.75, 3.05) is 26.9 Å². The second kappa shape index (κ2) is 8.14. The Balaban J connectivity index is 1.82. The summed E-state index contributed by atoms with van der Waals surface area (Å²) in [6.07, 6.45) is 5.70. The molecule has 0 aromatic carbocycles. The van der Waals surface area contributed by atoms with Crippen molar-refractivity contribution >= 4 is 23.2 Å². The number of hydrogen-bond donors (Lipinski definition) is 1. The molecule has 1 aliphatic rings. The van der Waals surface area contributed by atoms with Crippen molar-refractivity contribution in [2.45, 2.75) is 32.1 Å². The SMILES string of the molecule is COCCNC(=O)COC(=O)c1cc2c(s1)CCCCC2. The smallest absolute Gasteiger partial charge is 0.348 e. The van der Waals surface area contributed by atoms with Gasteiger partial charge in [0.2, 0.25) is 0 Å². The van der Waals surface area contributed by atoms with Crippen LogP contribution < -0.4 is 5.32 Å². The van der Waals surface area contributed by atoms with Crippen molar-refractivity contribution in [3.8, 4) is 0 Å². The highest BCUT2D eigenvalue weighted by Crippen LogP contribution is 2.29. The zero-order valence-corrected chi connectivity index (χ0v) is 13.1. The van der Waals surface area contributed by atoms with Gasteiger partial charge in [-0.25, -0.2) is 4.79 Å². The standard InChI is InChI=1S/C15H21NO4S/c1-19-8-7-16-14(17)10-20-15(18)13-9-11-5-3-2-4-6-12(11)21-13/h9H,2-8,10H2,1H3,(H,16,17). The lowest BCUT2D eigenvalue weighted by atomic mass is 10.1. The number of carbonyl (C=O) groups is 2. The summed E-state index contributed by atoms with van der Waals surface area (Å²) in [7, 11) is 1.56. The number of hydrogen-bond acceptors (Lipinski definition) is 5. The summed E-state index contributed by atoms with van der Waals surface area (Å²) in [5, 5.41) is 2.61. The molecule has 0 saturated heterocycles. The van der Waals surface area contributed by atoms with Gasteiger partial charge in [0.1, 0.15) is 4.88 Å². The van der Waals surface area contributed by atoms with E-state index in [2.05, 4.69) is 5.32 Å². The summed E-state index contributed by atoms with van der Waals surface area (Å²) < 4.78 is 9.87. The van der Waals surface area contributed by atoms with E-state index in [1.54, 1.807) is 7.11 Å². The number of carbonyl (C=O) groups excluding carboxylic acids is 2. The molecule has 0 bridgehead atoms. The highest BCUT2D eigenvalue weighted by Gasteiger charge is 2.18. The average molecular weight is 311 g/mol. The molecule has 1 aromatic rings. The quantitative estimate of drug-likeness (QED) is 0.495. The van der Waals surface area contributed by atoms with Gasteiger partial charge in [-0.3, -0.25) is 4.79 Å². The Bertz CT molecular complexity index is 474. The Kier molecular flexibility index (Phi) is 6.20. The molecule has 6 heteroatoms. The zero-order valence-electron chi connectivity index (χ0n) is 12.3. The van der Waals surface area contributed by atoms with Gasteiger partial charge in [0.25, 0.3) is 5.91 Å². The maximum absolute atomic E-state index is 12.0. The highest BCUT2D eigenvalue weighted by atomic mass is 32.1. The molecule has 2 rings (SSSR count). The molecule has 116 valence electrons. The second-order valence-electron chi connectivity index (χ2n) is 5.04. The highest BCUT2D eigenvalue weighted by molar-refractivity contribution is 7.14. The molecule has 1 aliphatic carbocycles. The lowest BCUT2D eigenvalue weighted by Crippen LogP contribution is -2.31. The molecule has 0 atom stereocenters. The number of rotatable bonds is 6. The topological polar surface area (TPSA) is 64.6 Å². The molecule has 21 heavy (non-hydrogen) atoms. The minimum Gasteiger partial charge on any atom is -0.451 e. The van der Waals surface area contributed by atoms with Crippen LogP contribution in [0, 0.1) is 0 Å². The van der Waals surface area contributed by atoms with Gasteiger partial charge in [0.05, 0.1) is 6.61 Å². The number of aryl methyl sites for hydroxylation is 2. The van der Waals surface area contributed by atoms with Crippen molar-refractivity contribution in [3.63, 3.8) is 0 Å². The number of esters is 1. The molecule has 0 unspecified atom stereocenters. The van der Waals surface area contributed by atoms with E-state index < -0.39 is 5.97 Å². The molecule has 1 amide bonds. The van der Waals surface area contributed by atoms with Crippen LogP contribution in [0.25, 0.3) is 0 Å². The lowest BCUT2D eigenvalue weighted by Gasteiger charge is -2.05. The number of methoxy groups -OCH3 is 1. The maximum atomic E-state index is 12.0. The summed E-state index contributed by atoms with van der Waals surface area (Å²) in [6.45, 7) is 0.614. The summed E-state index contributed by atoms with van der Waals surface area (Å²) in [6, 6.07) is 1.93. The Hall–Kier alpha value is -1.40. The van der Waals surface area contributed by atoms with Gasteiger partial charge in [-0.1, -0.05) is 6.42 Å². The minimum absolute atomic E-state index is 0.245. The van der Waals surface area contributed by atoms with Crippen molar-refractivity contribution < 1.29 is 19.1 Å². The van der Waals surface area contributed by atoms with Crippen LogP contribution in [0.5, 0.6) is 0 Å². The van der Waals surface area contributed by atoms with E-state index in [-0.39, 0.29) is 12.5 Å². The van der Waals surface area contributed by atoms with Gasteiger partial charge >= 0.3 is 5.97 Å². The van der Waals surface area contributed by atoms with Crippen LogP contribution in [-0.4, -0.2) is 38.7 Å². The summed E-state index contributed by atoms with van der Waals surface area (Å²) in [4.78, 5) is 25.3. The Labute approximate surface area is 128 Å². The van der Waals surface area contributed by atoms with E-state index in [0.29, 0.717) is 18.0 Å². The number of amides is 1. The van der Waals surface area contributed by atoms with Gasteiger partial charge in [0.15, 0.2) is 6.61 Å². The first-order valence-electron chi connectivity index (χ1n) is 7.25. The molecule has 0 spiro atoms.